The second-order valence-corrected chi connectivity index (χ2v) is 8.62. The first-order chi connectivity index (χ1) is 12.8. The van der Waals surface area contributed by atoms with Gasteiger partial charge < -0.3 is 4.90 Å². The number of nitrogens with zero attached hydrogens (tertiary/aromatic N) is 5. The molecule has 0 amide bonds. The molecule has 0 radical (unpaired) electrons. The Balaban J connectivity index is 1.36. The lowest BCUT2D eigenvalue weighted by atomic mass is 10.2. The molecule has 1 saturated heterocycles. The molecule has 26 heavy (non-hydrogen) atoms. The van der Waals surface area contributed by atoms with Gasteiger partial charge in [0.05, 0.1) is 18.3 Å². The Labute approximate surface area is 157 Å². The van der Waals surface area contributed by atoms with Crippen molar-refractivity contribution < 1.29 is 0 Å². The topological polar surface area (TPSA) is 63.9 Å². The van der Waals surface area contributed by atoms with Crippen LogP contribution < -0.4 is 10.5 Å². The zero-order valence-electron chi connectivity index (χ0n) is 14.8. The Morgan fingerprint density at radius 3 is 2.85 bits per heavy atom. The highest BCUT2D eigenvalue weighted by Gasteiger charge is 2.29. The van der Waals surface area contributed by atoms with Gasteiger partial charge in [-0.05, 0) is 48.5 Å². The predicted molar refractivity (Wildman–Crippen MR) is 103 cm³/mol. The monoisotopic (exact) mass is 369 g/mol. The van der Waals surface area contributed by atoms with Crippen LogP contribution in [0.15, 0.2) is 23.3 Å². The highest BCUT2D eigenvalue weighted by atomic mass is 32.2. The molecule has 1 unspecified atom stereocenters. The van der Waals surface area contributed by atoms with Crippen LogP contribution in [0.1, 0.15) is 48.4 Å². The smallest absolute Gasteiger partial charge is 0.267 e. The van der Waals surface area contributed by atoms with Crippen molar-refractivity contribution in [3.63, 3.8) is 0 Å². The molecule has 1 aliphatic carbocycles. The summed E-state index contributed by atoms with van der Waals surface area (Å²) < 4.78 is 1.66. The van der Waals surface area contributed by atoms with Crippen molar-refractivity contribution in [2.45, 2.75) is 56.4 Å². The molecule has 136 valence electrons. The number of rotatable bonds is 4. The van der Waals surface area contributed by atoms with Gasteiger partial charge in [-0.1, -0.05) is 0 Å². The van der Waals surface area contributed by atoms with Crippen molar-refractivity contribution in [1.82, 2.24) is 19.7 Å². The fourth-order valence-electron chi connectivity index (χ4n) is 3.98. The van der Waals surface area contributed by atoms with Crippen LogP contribution in [-0.4, -0.2) is 38.1 Å². The molecule has 0 aromatic carbocycles. The van der Waals surface area contributed by atoms with Crippen molar-refractivity contribution in [1.29, 1.82) is 0 Å². The number of hydrogen-bond acceptors (Lipinski definition) is 6. The highest BCUT2D eigenvalue weighted by Crippen LogP contribution is 2.39. The summed E-state index contributed by atoms with van der Waals surface area (Å²) >= 11 is 1.88. The average Bonchev–Trinajstić information content (AvgIpc) is 3.42. The molecule has 1 atom stereocenters. The molecule has 0 spiro atoms. The Bertz CT molecular complexity index is 861. The van der Waals surface area contributed by atoms with E-state index in [0.29, 0.717) is 12.5 Å². The summed E-state index contributed by atoms with van der Waals surface area (Å²) in [4.78, 5) is 24.0. The van der Waals surface area contributed by atoms with E-state index in [9.17, 15) is 4.79 Å². The van der Waals surface area contributed by atoms with E-state index in [-0.39, 0.29) is 11.6 Å². The van der Waals surface area contributed by atoms with Crippen LogP contribution in [0.2, 0.25) is 0 Å². The van der Waals surface area contributed by atoms with Crippen molar-refractivity contribution in [3.05, 3.63) is 45.6 Å². The van der Waals surface area contributed by atoms with Crippen LogP contribution >= 0.6 is 11.8 Å². The zero-order chi connectivity index (χ0) is 17.5. The Hall–Kier alpha value is -1.89. The van der Waals surface area contributed by atoms with Crippen molar-refractivity contribution >= 4 is 17.7 Å². The Morgan fingerprint density at radius 1 is 1.19 bits per heavy atom. The van der Waals surface area contributed by atoms with Gasteiger partial charge in [-0.25, -0.2) is 14.6 Å². The number of hydrogen-bond donors (Lipinski definition) is 0. The number of anilines is 1. The van der Waals surface area contributed by atoms with Crippen molar-refractivity contribution in [3.8, 4) is 0 Å². The maximum absolute atomic E-state index is 12.5. The minimum absolute atomic E-state index is 0.0168. The van der Waals surface area contributed by atoms with Gasteiger partial charge in [0.25, 0.3) is 5.56 Å². The lowest BCUT2D eigenvalue weighted by molar-refractivity contribution is 0.478. The summed E-state index contributed by atoms with van der Waals surface area (Å²) in [5, 5.41) is 4.67. The molecule has 2 fully saturated rings. The van der Waals surface area contributed by atoms with Crippen molar-refractivity contribution in [2.75, 3.05) is 17.2 Å². The Morgan fingerprint density at radius 2 is 2.04 bits per heavy atom. The fourth-order valence-corrected chi connectivity index (χ4v) is 4.93. The lowest BCUT2D eigenvalue weighted by Crippen LogP contribution is -2.38. The summed E-state index contributed by atoms with van der Waals surface area (Å²) in [6.07, 6.45) is 9.61. The van der Waals surface area contributed by atoms with Crippen LogP contribution in [0.25, 0.3) is 0 Å². The Kier molecular flexibility index (Phi) is 4.19. The zero-order valence-corrected chi connectivity index (χ0v) is 15.6. The molecule has 2 aliphatic heterocycles. The van der Waals surface area contributed by atoms with Crippen LogP contribution in [0.3, 0.4) is 0 Å². The number of aromatic nitrogens is 4. The van der Waals surface area contributed by atoms with Crippen LogP contribution in [0.4, 0.5) is 5.95 Å². The quantitative estimate of drug-likeness (QED) is 0.824. The minimum Gasteiger partial charge on any atom is -0.336 e. The van der Waals surface area contributed by atoms with Gasteiger partial charge in [0.2, 0.25) is 5.95 Å². The SMILES string of the molecule is O=c1cc2c(nn1CC1CCCN1c1ncc(C3CC3)cn1)CCSC2. The maximum atomic E-state index is 12.5. The molecule has 3 aliphatic rings. The van der Waals surface area contributed by atoms with Gasteiger partial charge in [0, 0.05) is 37.2 Å². The summed E-state index contributed by atoms with van der Waals surface area (Å²) in [6, 6.07) is 2.03. The van der Waals surface area contributed by atoms with E-state index in [4.69, 9.17) is 0 Å². The summed E-state index contributed by atoms with van der Waals surface area (Å²) in [7, 11) is 0. The van der Waals surface area contributed by atoms with Gasteiger partial charge >= 0.3 is 0 Å². The second-order valence-electron chi connectivity index (χ2n) is 7.52. The van der Waals surface area contributed by atoms with E-state index < -0.39 is 0 Å². The van der Waals surface area contributed by atoms with E-state index in [1.54, 1.807) is 10.7 Å². The van der Waals surface area contributed by atoms with Crippen LogP contribution in [0.5, 0.6) is 0 Å². The molecular formula is C19H23N5OS. The molecule has 5 rings (SSSR count). The van der Waals surface area contributed by atoms with E-state index in [1.165, 1.54) is 18.4 Å². The fraction of sp³-hybridized carbons (Fsp3) is 0.579. The van der Waals surface area contributed by atoms with Gasteiger partial charge in [-0.15, -0.1) is 0 Å². The molecule has 0 N–H and O–H groups in total. The third-order valence-corrected chi connectivity index (χ3v) is 6.64. The first kappa shape index (κ1) is 16.3. The first-order valence-corrected chi connectivity index (χ1v) is 10.7. The number of thioether (sulfide) groups is 1. The van der Waals surface area contributed by atoms with E-state index in [2.05, 4.69) is 20.0 Å². The molecule has 7 heteroatoms. The molecule has 2 aromatic heterocycles. The summed E-state index contributed by atoms with van der Waals surface area (Å²) in [5.41, 5.74) is 3.49. The highest BCUT2D eigenvalue weighted by molar-refractivity contribution is 7.98. The maximum Gasteiger partial charge on any atom is 0.267 e. The average molecular weight is 369 g/mol. The number of aryl methyl sites for hydroxylation is 1. The molecular weight excluding hydrogens is 346 g/mol. The third kappa shape index (κ3) is 3.13. The normalized spacial score (nSPS) is 22.5. The molecule has 4 heterocycles. The minimum atomic E-state index is 0.0168. The second kappa shape index (κ2) is 6.68. The largest absolute Gasteiger partial charge is 0.336 e. The first-order valence-electron chi connectivity index (χ1n) is 9.54. The van der Waals surface area contributed by atoms with Gasteiger partial charge in [0.15, 0.2) is 0 Å². The van der Waals surface area contributed by atoms with Crippen LogP contribution in [-0.2, 0) is 18.7 Å². The summed E-state index contributed by atoms with van der Waals surface area (Å²) in [6.45, 7) is 1.57. The third-order valence-electron chi connectivity index (χ3n) is 5.63. The van der Waals surface area contributed by atoms with E-state index in [0.717, 1.165) is 54.5 Å². The molecule has 1 saturated carbocycles. The van der Waals surface area contributed by atoms with Crippen molar-refractivity contribution in [2.24, 2.45) is 0 Å². The molecule has 0 bridgehead atoms. The lowest BCUT2D eigenvalue weighted by Gasteiger charge is -2.25. The van der Waals surface area contributed by atoms with Gasteiger partial charge in [-0.3, -0.25) is 4.79 Å². The number of fused-ring (bicyclic) bond motifs is 1. The predicted octanol–water partition coefficient (Wildman–Crippen LogP) is 2.37. The standard InChI is InChI=1S/C19H23N5OS/c25-18-8-14-12-26-7-5-17(14)22-24(18)11-16-2-1-6-23(16)19-20-9-15(10-21-19)13-3-4-13/h8-10,13,16H,1-7,11-12H2. The van der Waals surface area contributed by atoms with E-state index in [1.807, 2.05) is 24.2 Å². The van der Waals surface area contributed by atoms with Gasteiger partial charge in [-0.2, -0.15) is 16.9 Å². The van der Waals surface area contributed by atoms with E-state index >= 15 is 0 Å². The molecule has 6 nitrogen and oxygen atoms in total. The van der Waals surface area contributed by atoms with Crippen LogP contribution in [0, 0.1) is 0 Å². The summed E-state index contributed by atoms with van der Waals surface area (Å²) in [5.74, 6) is 3.47. The molecule has 2 aromatic rings. The van der Waals surface area contributed by atoms with Gasteiger partial charge in [0.1, 0.15) is 0 Å².